The van der Waals surface area contributed by atoms with E-state index >= 15 is 0 Å². The Morgan fingerprint density at radius 2 is 2.16 bits per heavy atom. The predicted molar refractivity (Wildman–Crippen MR) is 107 cm³/mol. The molecule has 1 aliphatic carbocycles. The van der Waals surface area contributed by atoms with E-state index in [1.165, 1.54) is 31.3 Å². The van der Waals surface area contributed by atoms with Gasteiger partial charge in [-0.1, -0.05) is 26.7 Å². The first-order valence-corrected chi connectivity index (χ1v) is 11.3. The quantitative estimate of drug-likeness (QED) is 0.814. The number of thioether (sulfide) groups is 1. The van der Waals surface area contributed by atoms with Crippen LogP contribution in [0.2, 0.25) is 0 Å². The lowest BCUT2D eigenvalue weighted by Crippen LogP contribution is -2.16. The minimum Gasteiger partial charge on any atom is -0.289 e. The van der Waals surface area contributed by atoms with E-state index in [9.17, 15) is 4.21 Å². The molecule has 0 radical (unpaired) electrons. The average molecular weight is 376 g/mol. The van der Waals surface area contributed by atoms with Crippen molar-refractivity contribution in [2.45, 2.75) is 63.7 Å². The second-order valence-corrected chi connectivity index (χ2v) is 10.5. The minimum atomic E-state index is -1.11. The van der Waals surface area contributed by atoms with Gasteiger partial charge >= 0.3 is 0 Å². The Labute approximate surface area is 156 Å². The van der Waals surface area contributed by atoms with E-state index < -0.39 is 10.8 Å². The molecule has 3 heterocycles. The summed E-state index contributed by atoms with van der Waals surface area (Å²) in [4.78, 5) is 5.73. The van der Waals surface area contributed by atoms with Crippen LogP contribution in [0.25, 0.3) is 4.91 Å². The molecular weight excluding hydrogens is 350 g/mol. The van der Waals surface area contributed by atoms with Crippen molar-refractivity contribution in [3.8, 4) is 0 Å². The van der Waals surface area contributed by atoms with Crippen LogP contribution in [0.3, 0.4) is 0 Å². The Balaban J connectivity index is 1.70. The first-order valence-electron chi connectivity index (χ1n) is 9.22. The van der Waals surface area contributed by atoms with E-state index in [1.807, 2.05) is 24.0 Å². The monoisotopic (exact) mass is 375 g/mol. The fourth-order valence-electron chi connectivity index (χ4n) is 3.95. The summed E-state index contributed by atoms with van der Waals surface area (Å²) in [7, 11) is -1.11. The molecule has 2 unspecified atom stereocenters. The minimum absolute atomic E-state index is 0.296. The maximum atomic E-state index is 13.4. The smallest absolute Gasteiger partial charge is 0.0946 e. The van der Waals surface area contributed by atoms with Crippen molar-refractivity contribution in [3.05, 3.63) is 33.3 Å². The molecule has 6 heteroatoms. The van der Waals surface area contributed by atoms with Gasteiger partial charge in [0.1, 0.15) is 0 Å². The molecule has 0 saturated heterocycles. The molecule has 0 bridgehead atoms. The van der Waals surface area contributed by atoms with Crippen LogP contribution in [0.4, 0.5) is 0 Å². The number of aliphatic imine (C=N–C) groups is 1. The first kappa shape index (κ1) is 17.3. The van der Waals surface area contributed by atoms with E-state index in [0.717, 1.165) is 33.3 Å². The van der Waals surface area contributed by atoms with E-state index in [4.69, 9.17) is 4.99 Å². The molecule has 1 aromatic rings. The van der Waals surface area contributed by atoms with Crippen LogP contribution in [0, 0.1) is 5.92 Å². The molecule has 1 fully saturated rings. The van der Waals surface area contributed by atoms with Gasteiger partial charge in [0.2, 0.25) is 0 Å². The standard InChI is InChI=1S/C19H25N3OS2/c1-12(2)9-13-10-15-16(11-20-13)19(24-14-5-3-4-6-14)25(23)18(15)17-7-8-21-22-17/h7-8,11-14H,3-6,9-10H2,1-2H3,(H,21,22). The van der Waals surface area contributed by atoms with Crippen molar-refractivity contribution in [2.75, 3.05) is 0 Å². The van der Waals surface area contributed by atoms with Gasteiger partial charge in [-0.2, -0.15) is 5.10 Å². The van der Waals surface area contributed by atoms with Crippen LogP contribution in [-0.2, 0) is 10.8 Å². The Bertz CT molecular complexity index is 756. The lowest BCUT2D eigenvalue weighted by Gasteiger charge is -2.21. The molecule has 4 rings (SSSR count). The molecule has 1 N–H and O–H groups in total. The number of aromatic nitrogens is 2. The maximum absolute atomic E-state index is 13.4. The van der Waals surface area contributed by atoms with Crippen LogP contribution in [0.5, 0.6) is 0 Å². The van der Waals surface area contributed by atoms with Gasteiger partial charge in [0.05, 0.1) is 31.7 Å². The Kier molecular flexibility index (Phi) is 5.00. The summed E-state index contributed by atoms with van der Waals surface area (Å²) in [6.45, 7) is 4.47. The molecule has 4 nitrogen and oxygen atoms in total. The van der Waals surface area contributed by atoms with Crippen LogP contribution in [0.15, 0.2) is 32.6 Å². The third kappa shape index (κ3) is 3.43. The second kappa shape index (κ2) is 7.23. The van der Waals surface area contributed by atoms with Gasteiger partial charge in [-0.15, -0.1) is 11.8 Å². The van der Waals surface area contributed by atoms with Crippen molar-refractivity contribution >= 4 is 33.7 Å². The zero-order chi connectivity index (χ0) is 17.4. The number of hydrogen-bond donors (Lipinski definition) is 1. The molecule has 134 valence electrons. The van der Waals surface area contributed by atoms with Gasteiger partial charge in [-0.05, 0) is 43.2 Å². The number of H-pyrrole nitrogens is 1. The number of fused-ring (bicyclic) bond motifs is 1. The highest BCUT2D eigenvalue weighted by Gasteiger charge is 2.37. The van der Waals surface area contributed by atoms with Gasteiger partial charge in [0.15, 0.2) is 0 Å². The normalized spacial score (nSPS) is 27.0. The van der Waals surface area contributed by atoms with E-state index in [1.54, 1.807) is 6.20 Å². The van der Waals surface area contributed by atoms with Crippen LogP contribution in [0.1, 0.15) is 58.1 Å². The third-order valence-corrected chi connectivity index (χ3v) is 8.47. The molecule has 0 spiro atoms. The molecule has 0 amide bonds. The molecule has 2 atom stereocenters. The molecule has 1 aromatic heterocycles. The zero-order valence-electron chi connectivity index (χ0n) is 14.8. The van der Waals surface area contributed by atoms with Crippen LogP contribution >= 0.6 is 11.8 Å². The van der Waals surface area contributed by atoms with E-state index in [-0.39, 0.29) is 0 Å². The van der Waals surface area contributed by atoms with Gasteiger partial charge in [0, 0.05) is 23.2 Å². The van der Waals surface area contributed by atoms with Gasteiger partial charge in [0.25, 0.3) is 0 Å². The highest BCUT2D eigenvalue weighted by molar-refractivity contribution is 8.20. The third-order valence-electron chi connectivity index (χ3n) is 5.09. The summed E-state index contributed by atoms with van der Waals surface area (Å²) in [6.07, 6.45) is 10.8. The second-order valence-electron chi connectivity index (χ2n) is 7.54. The Morgan fingerprint density at radius 3 is 2.84 bits per heavy atom. The number of nitrogens with one attached hydrogen (secondary N) is 1. The van der Waals surface area contributed by atoms with E-state index in [0.29, 0.717) is 17.2 Å². The van der Waals surface area contributed by atoms with Crippen LogP contribution < -0.4 is 0 Å². The number of allylic oxidation sites excluding steroid dienone is 1. The molecular formula is C19H25N3OS2. The summed E-state index contributed by atoms with van der Waals surface area (Å²) < 4.78 is 14.4. The summed E-state index contributed by atoms with van der Waals surface area (Å²) in [5.74, 6) is 0.614. The number of aromatic amines is 1. The lowest BCUT2D eigenvalue weighted by atomic mass is 9.91. The highest BCUT2D eigenvalue weighted by Crippen LogP contribution is 2.49. The molecule has 3 aliphatic rings. The van der Waals surface area contributed by atoms with Crippen molar-refractivity contribution in [1.82, 2.24) is 10.2 Å². The van der Waals surface area contributed by atoms with Gasteiger partial charge in [-0.3, -0.25) is 10.1 Å². The van der Waals surface area contributed by atoms with Gasteiger partial charge < -0.3 is 0 Å². The molecule has 2 aliphatic heterocycles. The maximum Gasteiger partial charge on any atom is 0.0946 e. The fourth-order valence-corrected chi connectivity index (χ4v) is 7.42. The number of rotatable bonds is 5. The number of nitrogens with zero attached hydrogens (tertiary/aromatic N) is 2. The Hall–Kier alpha value is -1.14. The average Bonchev–Trinajstić information content (AvgIpc) is 3.30. The zero-order valence-corrected chi connectivity index (χ0v) is 16.5. The first-order chi connectivity index (χ1) is 12.1. The number of hydrogen-bond acceptors (Lipinski definition) is 4. The SMILES string of the molecule is CC(C)CC1CC2=C(c3ccn[nH]3)S(=O)C(SC3CCCC3)=C2C=N1. The largest absolute Gasteiger partial charge is 0.289 e. The van der Waals surface area contributed by atoms with Crippen LogP contribution in [-0.4, -0.2) is 31.9 Å². The van der Waals surface area contributed by atoms with Crippen molar-refractivity contribution in [1.29, 1.82) is 0 Å². The molecule has 0 aromatic carbocycles. The topological polar surface area (TPSA) is 58.1 Å². The summed E-state index contributed by atoms with van der Waals surface area (Å²) in [5.41, 5.74) is 3.25. The van der Waals surface area contributed by atoms with E-state index in [2.05, 4.69) is 24.0 Å². The van der Waals surface area contributed by atoms with Crippen molar-refractivity contribution in [2.24, 2.45) is 10.9 Å². The Morgan fingerprint density at radius 1 is 1.36 bits per heavy atom. The van der Waals surface area contributed by atoms with Crippen molar-refractivity contribution < 1.29 is 4.21 Å². The summed E-state index contributed by atoms with van der Waals surface area (Å²) >= 11 is 1.84. The lowest BCUT2D eigenvalue weighted by molar-refractivity contribution is 0.494. The molecule has 25 heavy (non-hydrogen) atoms. The highest BCUT2D eigenvalue weighted by atomic mass is 32.2. The van der Waals surface area contributed by atoms with Crippen molar-refractivity contribution in [3.63, 3.8) is 0 Å². The fraction of sp³-hybridized carbons (Fsp3) is 0.579. The van der Waals surface area contributed by atoms with Gasteiger partial charge in [-0.25, -0.2) is 4.21 Å². The molecule has 1 saturated carbocycles. The summed E-state index contributed by atoms with van der Waals surface area (Å²) in [6, 6.07) is 2.23. The predicted octanol–water partition coefficient (Wildman–Crippen LogP) is 4.66. The summed E-state index contributed by atoms with van der Waals surface area (Å²) in [5, 5.41) is 7.72.